The van der Waals surface area contributed by atoms with Gasteiger partial charge in [0.05, 0.1) is 0 Å². The zero-order chi connectivity index (χ0) is 20.8. The molecule has 2 aromatic rings. The standard InChI is InChI=1S/C23H26N2O4/c1-16-5-3-6-19(13-16)22(27)24-15-18-9-11-25(12-10-18)23(28)20-7-4-8-21(14-20)29-17(2)26/h3-8,13-14,18H,9-12,15H2,1-2H3,(H,24,27). The number of esters is 1. The highest BCUT2D eigenvalue weighted by Gasteiger charge is 2.24. The van der Waals surface area contributed by atoms with Crippen molar-refractivity contribution in [2.45, 2.75) is 26.7 Å². The van der Waals surface area contributed by atoms with Gasteiger partial charge in [-0.1, -0.05) is 23.8 Å². The Kier molecular flexibility index (Phi) is 6.65. The molecule has 1 heterocycles. The number of aryl methyl sites for hydroxylation is 1. The molecular weight excluding hydrogens is 368 g/mol. The van der Waals surface area contributed by atoms with Gasteiger partial charge in [-0.3, -0.25) is 14.4 Å². The van der Waals surface area contributed by atoms with Gasteiger partial charge in [-0.25, -0.2) is 0 Å². The monoisotopic (exact) mass is 394 g/mol. The Labute approximate surface area is 170 Å². The summed E-state index contributed by atoms with van der Waals surface area (Å²) in [5.74, 6) is 0.177. The lowest BCUT2D eigenvalue weighted by atomic mass is 9.96. The summed E-state index contributed by atoms with van der Waals surface area (Å²) in [6.07, 6.45) is 1.67. The van der Waals surface area contributed by atoms with Gasteiger partial charge in [0.2, 0.25) is 0 Å². The van der Waals surface area contributed by atoms with Crippen LogP contribution in [-0.2, 0) is 4.79 Å². The van der Waals surface area contributed by atoms with Crippen LogP contribution in [0.3, 0.4) is 0 Å². The smallest absolute Gasteiger partial charge is 0.308 e. The summed E-state index contributed by atoms with van der Waals surface area (Å²) in [7, 11) is 0. The van der Waals surface area contributed by atoms with E-state index in [1.54, 1.807) is 24.3 Å². The van der Waals surface area contributed by atoms with Crippen molar-refractivity contribution in [1.82, 2.24) is 10.2 Å². The van der Waals surface area contributed by atoms with Gasteiger partial charge in [-0.05, 0) is 56.0 Å². The lowest BCUT2D eigenvalue weighted by Gasteiger charge is -2.32. The van der Waals surface area contributed by atoms with Crippen LogP contribution >= 0.6 is 0 Å². The van der Waals surface area contributed by atoms with Crippen LogP contribution in [0.15, 0.2) is 48.5 Å². The summed E-state index contributed by atoms with van der Waals surface area (Å²) in [6.45, 7) is 5.18. The molecule has 1 aliphatic heterocycles. The van der Waals surface area contributed by atoms with Gasteiger partial charge in [0.15, 0.2) is 0 Å². The average Bonchev–Trinajstić information content (AvgIpc) is 2.71. The van der Waals surface area contributed by atoms with Crippen LogP contribution in [0.4, 0.5) is 0 Å². The third kappa shape index (κ3) is 5.67. The second kappa shape index (κ2) is 9.37. The van der Waals surface area contributed by atoms with Crippen molar-refractivity contribution in [1.29, 1.82) is 0 Å². The second-order valence-electron chi connectivity index (χ2n) is 7.44. The number of carbonyl (C=O) groups excluding carboxylic acids is 3. The number of likely N-dealkylation sites (tertiary alicyclic amines) is 1. The van der Waals surface area contributed by atoms with Crippen molar-refractivity contribution >= 4 is 17.8 Å². The molecule has 1 N–H and O–H groups in total. The number of amides is 2. The number of nitrogens with one attached hydrogen (secondary N) is 1. The predicted octanol–water partition coefficient (Wildman–Crippen LogP) is 3.20. The molecule has 2 amide bonds. The fraction of sp³-hybridized carbons (Fsp3) is 0.348. The minimum atomic E-state index is -0.414. The Morgan fingerprint density at radius 2 is 1.72 bits per heavy atom. The molecule has 2 aromatic carbocycles. The first-order chi connectivity index (χ1) is 13.9. The van der Waals surface area contributed by atoms with E-state index < -0.39 is 5.97 Å². The summed E-state index contributed by atoms with van der Waals surface area (Å²) in [4.78, 5) is 37.9. The first kappa shape index (κ1) is 20.6. The summed E-state index contributed by atoms with van der Waals surface area (Å²) in [5, 5.41) is 3.01. The summed E-state index contributed by atoms with van der Waals surface area (Å²) < 4.78 is 5.06. The van der Waals surface area contributed by atoms with Crippen LogP contribution in [0.2, 0.25) is 0 Å². The maximum atomic E-state index is 12.7. The van der Waals surface area contributed by atoms with E-state index in [0.29, 0.717) is 42.4 Å². The predicted molar refractivity (Wildman–Crippen MR) is 110 cm³/mol. The van der Waals surface area contributed by atoms with Gasteiger partial charge < -0.3 is 15.0 Å². The topological polar surface area (TPSA) is 75.7 Å². The molecule has 0 aromatic heterocycles. The van der Waals surface area contributed by atoms with Gasteiger partial charge in [0, 0.05) is 37.7 Å². The number of carbonyl (C=O) groups is 3. The van der Waals surface area contributed by atoms with E-state index in [4.69, 9.17) is 4.74 Å². The van der Waals surface area contributed by atoms with Gasteiger partial charge in [0.25, 0.3) is 11.8 Å². The van der Waals surface area contributed by atoms with E-state index in [2.05, 4.69) is 5.32 Å². The molecule has 0 spiro atoms. The number of hydrogen-bond acceptors (Lipinski definition) is 4. The minimum absolute atomic E-state index is 0.0607. The first-order valence-electron chi connectivity index (χ1n) is 9.85. The normalized spacial score (nSPS) is 14.3. The van der Waals surface area contributed by atoms with Crippen LogP contribution in [0.1, 0.15) is 46.0 Å². The molecule has 1 saturated heterocycles. The van der Waals surface area contributed by atoms with E-state index >= 15 is 0 Å². The second-order valence-corrected chi connectivity index (χ2v) is 7.44. The molecule has 152 valence electrons. The first-order valence-corrected chi connectivity index (χ1v) is 9.85. The van der Waals surface area contributed by atoms with Crippen molar-refractivity contribution in [2.75, 3.05) is 19.6 Å². The van der Waals surface area contributed by atoms with Gasteiger partial charge in [-0.15, -0.1) is 0 Å². The molecule has 0 aliphatic carbocycles. The van der Waals surface area contributed by atoms with Crippen molar-refractivity contribution in [3.63, 3.8) is 0 Å². The third-order valence-corrected chi connectivity index (χ3v) is 5.08. The Morgan fingerprint density at radius 3 is 2.41 bits per heavy atom. The molecule has 0 radical (unpaired) electrons. The van der Waals surface area contributed by atoms with Crippen molar-refractivity contribution < 1.29 is 19.1 Å². The Morgan fingerprint density at radius 1 is 1.03 bits per heavy atom. The number of nitrogens with zero attached hydrogens (tertiary/aromatic N) is 1. The number of ether oxygens (including phenoxy) is 1. The van der Waals surface area contributed by atoms with Gasteiger partial charge in [-0.2, -0.15) is 0 Å². The Bertz CT molecular complexity index is 901. The Hall–Kier alpha value is -3.15. The van der Waals surface area contributed by atoms with Crippen LogP contribution in [0.5, 0.6) is 5.75 Å². The summed E-state index contributed by atoms with van der Waals surface area (Å²) >= 11 is 0. The van der Waals surface area contributed by atoms with Crippen molar-refractivity contribution in [2.24, 2.45) is 5.92 Å². The summed E-state index contributed by atoms with van der Waals surface area (Å²) in [6, 6.07) is 14.2. The zero-order valence-electron chi connectivity index (χ0n) is 16.8. The molecule has 0 unspecified atom stereocenters. The van der Waals surface area contributed by atoms with Crippen LogP contribution in [0, 0.1) is 12.8 Å². The van der Waals surface area contributed by atoms with Gasteiger partial charge in [0.1, 0.15) is 5.75 Å². The molecule has 0 saturated carbocycles. The quantitative estimate of drug-likeness (QED) is 0.624. The van der Waals surface area contributed by atoms with Gasteiger partial charge >= 0.3 is 5.97 Å². The molecule has 0 bridgehead atoms. The van der Waals surface area contributed by atoms with Crippen LogP contribution in [-0.4, -0.2) is 42.3 Å². The number of rotatable bonds is 5. The summed E-state index contributed by atoms with van der Waals surface area (Å²) in [5.41, 5.74) is 2.24. The lowest BCUT2D eigenvalue weighted by Crippen LogP contribution is -2.41. The van der Waals surface area contributed by atoms with E-state index in [-0.39, 0.29) is 11.8 Å². The van der Waals surface area contributed by atoms with E-state index in [1.807, 2.05) is 36.1 Å². The fourth-order valence-electron chi connectivity index (χ4n) is 3.51. The minimum Gasteiger partial charge on any atom is -0.427 e. The number of hydrogen-bond donors (Lipinski definition) is 1. The maximum absolute atomic E-state index is 12.7. The Balaban J connectivity index is 1.49. The molecule has 29 heavy (non-hydrogen) atoms. The molecule has 6 nitrogen and oxygen atoms in total. The van der Waals surface area contributed by atoms with E-state index in [9.17, 15) is 14.4 Å². The van der Waals surface area contributed by atoms with Crippen molar-refractivity contribution in [3.05, 3.63) is 65.2 Å². The van der Waals surface area contributed by atoms with E-state index in [0.717, 1.165) is 18.4 Å². The van der Waals surface area contributed by atoms with Crippen LogP contribution in [0.25, 0.3) is 0 Å². The number of benzene rings is 2. The lowest BCUT2D eigenvalue weighted by molar-refractivity contribution is -0.131. The fourth-order valence-corrected chi connectivity index (χ4v) is 3.51. The largest absolute Gasteiger partial charge is 0.427 e. The highest BCUT2D eigenvalue weighted by Crippen LogP contribution is 2.21. The molecular formula is C23H26N2O4. The molecule has 1 fully saturated rings. The molecule has 3 rings (SSSR count). The zero-order valence-corrected chi connectivity index (χ0v) is 16.8. The molecule has 1 aliphatic rings. The highest BCUT2D eigenvalue weighted by molar-refractivity contribution is 5.95. The third-order valence-electron chi connectivity index (χ3n) is 5.08. The maximum Gasteiger partial charge on any atom is 0.308 e. The average molecular weight is 394 g/mol. The highest BCUT2D eigenvalue weighted by atomic mass is 16.5. The van der Waals surface area contributed by atoms with Crippen LogP contribution < -0.4 is 10.1 Å². The van der Waals surface area contributed by atoms with Crippen molar-refractivity contribution in [3.8, 4) is 5.75 Å². The number of piperidine rings is 1. The molecule has 6 heteroatoms. The SMILES string of the molecule is CC(=O)Oc1cccc(C(=O)N2CCC(CNC(=O)c3cccc(C)c3)CC2)c1. The molecule has 0 atom stereocenters. The van der Waals surface area contributed by atoms with E-state index in [1.165, 1.54) is 6.92 Å².